The molecule has 0 fully saturated rings. The molecule has 0 aliphatic heterocycles. The quantitative estimate of drug-likeness (QED) is 0.590. The van der Waals surface area contributed by atoms with Crippen LogP contribution in [0.1, 0.15) is 19.4 Å². The van der Waals surface area contributed by atoms with E-state index in [1.54, 1.807) is 12.1 Å². The number of carbonyl (C=O) groups is 1. The molecular formula is C10H11ClN2O. The van der Waals surface area contributed by atoms with E-state index >= 15 is 0 Å². The van der Waals surface area contributed by atoms with Gasteiger partial charge in [-0.05, 0) is 24.6 Å². The largest absolute Gasteiger partial charge is 0.274 e. The zero-order chi connectivity index (χ0) is 10.6. The SMILES string of the molecule is CC(=O)N/N=C(/C)c1ccc(Cl)cc1. The van der Waals surface area contributed by atoms with Crippen molar-refractivity contribution in [2.75, 3.05) is 0 Å². The predicted molar refractivity (Wildman–Crippen MR) is 57.5 cm³/mol. The Balaban J connectivity index is 2.78. The predicted octanol–water partition coefficient (Wildman–Crippen LogP) is 2.20. The first kappa shape index (κ1) is 10.7. The summed E-state index contributed by atoms with van der Waals surface area (Å²) in [6.45, 7) is 3.23. The van der Waals surface area contributed by atoms with Gasteiger partial charge in [0, 0.05) is 11.9 Å². The third-order valence-electron chi connectivity index (χ3n) is 1.64. The van der Waals surface area contributed by atoms with Crippen molar-refractivity contribution in [3.63, 3.8) is 0 Å². The molecule has 0 unspecified atom stereocenters. The highest BCUT2D eigenvalue weighted by Gasteiger charge is 1.97. The Bertz CT molecular complexity index is 357. The minimum absolute atomic E-state index is 0.182. The van der Waals surface area contributed by atoms with Gasteiger partial charge in [-0.15, -0.1) is 0 Å². The van der Waals surface area contributed by atoms with E-state index in [2.05, 4.69) is 10.5 Å². The second kappa shape index (κ2) is 4.77. The van der Waals surface area contributed by atoms with Crippen LogP contribution < -0.4 is 5.43 Å². The van der Waals surface area contributed by atoms with E-state index in [1.165, 1.54) is 6.92 Å². The average Bonchev–Trinajstić information content (AvgIpc) is 2.15. The van der Waals surface area contributed by atoms with E-state index in [-0.39, 0.29) is 5.91 Å². The van der Waals surface area contributed by atoms with Gasteiger partial charge in [-0.1, -0.05) is 23.7 Å². The van der Waals surface area contributed by atoms with Crippen molar-refractivity contribution in [2.24, 2.45) is 5.10 Å². The average molecular weight is 211 g/mol. The maximum atomic E-state index is 10.6. The Labute approximate surface area is 87.8 Å². The van der Waals surface area contributed by atoms with Crippen molar-refractivity contribution in [3.05, 3.63) is 34.9 Å². The lowest BCUT2D eigenvalue weighted by Gasteiger charge is -2.00. The van der Waals surface area contributed by atoms with Crippen molar-refractivity contribution in [1.29, 1.82) is 0 Å². The van der Waals surface area contributed by atoms with Gasteiger partial charge in [-0.3, -0.25) is 4.79 Å². The first-order valence-electron chi connectivity index (χ1n) is 4.16. The molecule has 3 nitrogen and oxygen atoms in total. The third kappa shape index (κ3) is 3.18. The van der Waals surface area contributed by atoms with Crippen molar-refractivity contribution in [2.45, 2.75) is 13.8 Å². The van der Waals surface area contributed by atoms with Gasteiger partial charge in [-0.2, -0.15) is 5.10 Å². The Morgan fingerprint density at radius 2 is 1.86 bits per heavy atom. The van der Waals surface area contributed by atoms with Crippen LogP contribution in [0.25, 0.3) is 0 Å². The van der Waals surface area contributed by atoms with Crippen LogP contribution in [0.4, 0.5) is 0 Å². The van der Waals surface area contributed by atoms with E-state index in [9.17, 15) is 4.79 Å². The summed E-state index contributed by atoms with van der Waals surface area (Å²) < 4.78 is 0. The number of nitrogens with zero attached hydrogens (tertiary/aromatic N) is 1. The van der Waals surface area contributed by atoms with Crippen molar-refractivity contribution >= 4 is 23.2 Å². The molecule has 1 N–H and O–H groups in total. The molecule has 1 aromatic rings. The maximum Gasteiger partial charge on any atom is 0.236 e. The van der Waals surface area contributed by atoms with Crippen LogP contribution in [0.15, 0.2) is 29.4 Å². The molecule has 14 heavy (non-hydrogen) atoms. The number of rotatable bonds is 2. The number of nitrogens with one attached hydrogen (secondary N) is 1. The van der Waals surface area contributed by atoms with Crippen LogP contribution in [-0.4, -0.2) is 11.6 Å². The molecule has 0 heterocycles. The molecule has 0 bridgehead atoms. The van der Waals surface area contributed by atoms with E-state index in [0.717, 1.165) is 11.3 Å². The summed E-state index contributed by atoms with van der Waals surface area (Å²) in [7, 11) is 0. The summed E-state index contributed by atoms with van der Waals surface area (Å²) in [5.74, 6) is -0.182. The highest BCUT2D eigenvalue weighted by molar-refractivity contribution is 6.30. The summed E-state index contributed by atoms with van der Waals surface area (Å²) in [6.07, 6.45) is 0. The fourth-order valence-corrected chi connectivity index (χ4v) is 1.04. The Hall–Kier alpha value is -1.35. The number of hydrazone groups is 1. The van der Waals surface area contributed by atoms with Crippen LogP contribution in [0.2, 0.25) is 5.02 Å². The fraction of sp³-hybridized carbons (Fsp3) is 0.200. The molecule has 1 rings (SSSR count). The normalized spacial score (nSPS) is 11.2. The van der Waals surface area contributed by atoms with Gasteiger partial charge in [-0.25, -0.2) is 5.43 Å². The van der Waals surface area contributed by atoms with Crippen molar-refractivity contribution in [3.8, 4) is 0 Å². The molecule has 0 saturated heterocycles. The van der Waals surface area contributed by atoms with Crippen LogP contribution >= 0.6 is 11.6 Å². The molecule has 4 heteroatoms. The molecule has 0 aliphatic carbocycles. The van der Waals surface area contributed by atoms with E-state index in [1.807, 2.05) is 19.1 Å². The maximum absolute atomic E-state index is 10.6. The highest BCUT2D eigenvalue weighted by Crippen LogP contribution is 2.09. The Morgan fingerprint density at radius 3 is 2.36 bits per heavy atom. The molecule has 0 radical (unpaired) electrons. The highest BCUT2D eigenvalue weighted by atomic mass is 35.5. The number of amides is 1. The standard InChI is InChI=1S/C10H11ClN2O/c1-7(12-13-8(2)14)9-3-5-10(11)6-4-9/h3-6H,1-2H3,(H,13,14)/b12-7-. The fourth-order valence-electron chi connectivity index (χ4n) is 0.918. The van der Waals surface area contributed by atoms with Crippen molar-refractivity contribution < 1.29 is 4.79 Å². The monoisotopic (exact) mass is 210 g/mol. The van der Waals surface area contributed by atoms with Crippen LogP contribution in [0, 0.1) is 0 Å². The Morgan fingerprint density at radius 1 is 1.29 bits per heavy atom. The second-order valence-electron chi connectivity index (χ2n) is 2.87. The number of halogens is 1. The van der Waals surface area contributed by atoms with Gasteiger partial charge in [0.1, 0.15) is 0 Å². The summed E-state index contributed by atoms with van der Waals surface area (Å²) >= 11 is 5.73. The minimum Gasteiger partial charge on any atom is -0.274 e. The van der Waals surface area contributed by atoms with Crippen LogP contribution in [0.3, 0.4) is 0 Å². The lowest BCUT2D eigenvalue weighted by atomic mass is 10.1. The van der Waals surface area contributed by atoms with Gasteiger partial charge in [0.05, 0.1) is 5.71 Å². The molecule has 0 saturated carbocycles. The minimum atomic E-state index is -0.182. The smallest absolute Gasteiger partial charge is 0.236 e. The van der Waals surface area contributed by atoms with Gasteiger partial charge in [0.2, 0.25) is 5.91 Å². The molecule has 0 aromatic heterocycles. The first-order chi connectivity index (χ1) is 6.59. The summed E-state index contributed by atoms with van der Waals surface area (Å²) in [5, 5.41) is 4.58. The zero-order valence-corrected chi connectivity index (χ0v) is 8.80. The van der Waals surface area contributed by atoms with E-state index in [4.69, 9.17) is 11.6 Å². The zero-order valence-electron chi connectivity index (χ0n) is 8.04. The van der Waals surface area contributed by atoms with Crippen LogP contribution in [-0.2, 0) is 4.79 Å². The summed E-state index contributed by atoms with van der Waals surface area (Å²) in [4.78, 5) is 10.6. The van der Waals surface area contributed by atoms with E-state index < -0.39 is 0 Å². The van der Waals surface area contributed by atoms with E-state index in [0.29, 0.717) is 5.02 Å². The first-order valence-corrected chi connectivity index (χ1v) is 4.54. The number of benzene rings is 1. The molecular weight excluding hydrogens is 200 g/mol. The summed E-state index contributed by atoms with van der Waals surface area (Å²) in [6, 6.07) is 7.26. The molecule has 1 amide bonds. The number of hydrogen-bond acceptors (Lipinski definition) is 2. The summed E-state index contributed by atoms with van der Waals surface area (Å²) in [5.41, 5.74) is 4.05. The molecule has 1 aromatic carbocycles. The Kier molecular flexibility index (Phi) is 3.65. The lowest BCUT2D eigenvalue weighted by Crippen LogP contribution is -2.14. The molecule has 74 valence electrons. The van der Waals surface area contributed by atoms with Gasteiger partial charge >= 0.3 is 0 Å². The number of hydrogen-bond donors (Lipinski definition) is 1. The van der Waals surface area contributed by atoms with Crippen molar-refractivity contribution in [1.82, 2.24) is 5.43 Å². The van der Waals surface area contributed by atoms with Gasteiger partial charge < -0.3 is 0 Å². The molecule has 0 aliphatic rings. The molecule has 0 atom stereocenters. The third-order valence-corrected chi connectivity index (χ3v) is 1.90. The second-order valence-corrected chi connectivity index (χ2v) is 3.31. The topological polar surface area (TPSA) is 41.5 Å². The lowest BCUT2D eigenvalue weighted by molar-refractivity contribution is -0.118. The van der Waals surface area contributed by atoms with Crippen LogP contribution in [0.5, 0.6) is 0 Å². The molecule has 0 spiro atoms. The van der Waals surface area contributed by atoms with Gasteiger partial charge in [0.15, 0.2) is 0 Å². The number of carbonyl (C=O) groups excluding carboxylic acids is 1. The van der Waals surface area contributed by atoms with Gasteiger partial charge in [0.25, 0.3) is 0 Å².